The van der Waals surface area contributed by atoms with E-state index in [1.165, 1.54) is 0 Å². The molecule has 10 heavy (non-hydrogen) atoms. The summed E-state index contributed by atoms with van der Waals surface area (Å²) in [6, 6.07) is 0. The van der Waals surface area contributed by atoms with Crippen molar-refractivity contribution in [1.82, 2.24) is 0 Å². The van der Waals surface area contributed by atoms with Crippen molar-refractivity contribution in [2.24, 2.45) is 0 Å². The lowest BCUT2D eigenvalue weighted by Gasteiger charge is -1.78. The van der Waals surface area contributed by atoms with Gasteiger partial charge in [0, 0.05) is 0 Å². The molecular formula is C9H16O. The first-order valence-corrected chi connectivity index (χ1v) is 3.42. The van der Waals surface area contributed by atoms with Crippen molar-refractivity contribution >= 4 is 0 Å². The number of aliphatic hydroxyl groups excluding tert-OH is 1. The van der Waals surface area contributed by atoms with E-state index in [0.717, 1.165) is 0 Å². The molecule has 0 aromatic heterocycles. The second kappa shape index (κ2) is 10.9. The van der Waals surface area contributed by atoms with E-state index in [0.29, 0.717) is 5.76 Å². The second-order valence-corrected chi connectivity index (χ2v) is 1.43. The number of hydrogen-bond donors (Lipinski definition) is 1. The van der Waals surface area contributed by atoms with Crippen LogP contribution >= 0.6 is 0 Å². The average molecular weight is 140 g/mol. The van der Waals surface area contributed by atoms with Gasteiger partial charge >= 0.3 is 0 Å². The zero-order valence-electron chi connectivity index (χ0n) is 6.96. The maximum absolute atomic E-state index is 8.55. The molecule has 0 fully saturated rings. The molecule has 0 bridgehead atoms. The first-order valence-electron chi connectivity index (χ1n) is 3.42. The molecule has 0 saturated carbocycles. The van der Waals surface area contributed by atoms with Crippen molar-refractivity contribution in [3.63, 3.8) is 0 Å². The van der Waals surface area contributed by atoms with Gasteiger partial charge in [0.05, 0.1) is 5.76 Å². The predicted octanol–water partition coefficient (Wildman–Crippen LogP) is 3.22. The van der Waals surface area contributed by atoms with Crippen LogP contribution in [0.5, 0.6) is 0 Å². The fourth-order valence-electron chi connectivity index (χ4n) is 0.273. The van der Waals surface area contributed by atoms with Crippen LogP contribution in [0.2, 0.25) is 0 Å². The largest absolute Gasteiger partial charge is 0.513 e. The molecule has 0 unspecified atom stereocenters. The van der Waals surface area contributed by atoms with Gasteiger partial charge in [0.2, 0.25) is 0 Å². The molecule has 0 radical (unpaired) electrons. The number of rotatable bonds is 2. The molecule has 0 saturated heterocycles. The zero-order valence-corrected chi connectivity index (χ0v) is 6.96. The Kier molecular flexibility index (Phi) is 12.8. The summed E-state index contributed by atoms with van der Waals surface area (Å²) in [7, 11) is 0. The highest BCUT2D eigenvalue weighted by molar-refractivity contribution is 5.10. The Morgan fingerprint density at radius 3 is 2.10 bits per heavy atom. The lowest BCUT2D eigenvalue weighted by molar-refractivity contribution is 0.414. The Labute approximate surface area is 63.4 Å². The van der Waals surface area contributed by atoms with E-state index in [4.69, 9.17) is 5.11 Å². The SMILES string of the molecule is C=C/C=C\C=C(/C)O.CC. The van der Waals surface area contributed by atoms with Crippen LogP contribution in [0.4, 0.5) is 0 Å². The van der Waals surface area contributed by atoms with E-state index in [1.807, 2.05) is 13.8 Å². The third kappa shape index (κ3) is 15.7. The molecule has 0 aliphatic rings. The molecule has 0 spiro atoms. The Bertz CT molecular complexity index is 117. The molecule has 1 heteroatoms. The van der Waals surface area contributed by atoms with E-state index < -0.39 is 0 Å². The first kappa shape index (κ1) is 11.8. The van der Waals surface area contributed by atoms with E-state index in [9.17, 15) is 0 Å². The van der Waals surface area contributed by atoms with Crippen molar-refractivity contribution in [2.75, 3.05) is 0 Å². The van der Waals surface area contributed by atoms with E-state index in [2.05, 4.69) is 6.58 Å². The Hall–Kier alpha value is -0.980. The minimum absolute atomic E-state index is 0.308. The molecule has 1 N–H and O–H groups in total. The van der Waals surface area contributed by atoms with E-state index in [1.54, 1.807) is 31.2 Å². The summed E-state index contributed by atoms with van der Waals surface area (Å²) in [6.07, 6.45) is 6.73. The van der Waals surface area contributed by atoms with Gasteiger partial charge in [0.15, 0.2) is 0 Å². The highest BCUT2D eigenvalue weighted by Gasteiger charge is 1.68. The van der Waals surface area contributed by atoms with Gasteiger partial charge in [-0.2, -0.15) is 0 Å². The maximum Gasteiger partial charge on any atom is 0.0891 e. The lowest BCUT2D eigenvalue weighted by atomic mass is 10.4. The number of hydrogen-bond acceptors (Lipinski definition) is 1. The van der Waals surface area contributed by atoms with Crippen LogP contribution in [0.1, 0.15) is 20.8 Å². The van der Waals surface area contributed by atoms with Crippen LogP contribution in [-0.2, 0) is 0 Å². The fraction of sp³-hybridized carbons (Fsp3) is 0.333. The second-order valence-electron chi connectivity index (χ2n) is 1.43. The summed E-state index contributed by atoms with van der Waals surface area (Å²) in [5, 5.41) is 8.55. The van der Waals surface area contributed by atoms with Crippen molar-refractivity contribution < 1.29 is 5.11 Å². The standard InChI is InChI=1S/C7H10O.C2H6/c1-3-4-5-6-7(2)8;1-2/h3-6,8H,1H2,2H3;1-2H3/b5-4-,7-6+;. The Balaban J connectivity index is 0. The number of aliphatic hydroxyl groups is 1. The molecule has 0 aromatic carbocycles. The lowest BCUT2D eigenvalue weighted by Crippen LogP contribution is -1.63. The van der Waals surface area contributed by atoms with Crippen molar-refractivity contribution in [2.45, 2.75) is 20.8 Å². The Morgan fingerprint density at radius 1 is 1.30 bits per heavy atom. The van der Waals surface area contributed by atoms with Crippen LogP contribution in [-0.4, -0.2) is 5.11 Å². The highest BCUT2D eigenvalue weighted by atomic mass is 16.3. The van der Waals surface area contributed by atoms with Crippen molar-refractivity contribution in [1.29, 1.82) is 0 Å². The van der Waals surface area contributed by atoms with Gasteiger partial charge in [0.1, 0.15) is 0 Å². The van der Waals surface area contributed by atoms with Gasteiger partial charge < -0.3 is 5.11 Å². The summed E-state index contributed by atoms with van der Waals surface area (Å²) >= 11 is 0. The first-order chi connectivity index (χ1) is 4.77. The molecule has 58 valence electrons. The predicted molar refractivity (Wildman–Crippen MR) is 47.1 cm³/mol. The molecular weight excluding hydrogens is 124 g/mol. The van der Waals surface area contributed by atoms with Crippen LogP contribution in [0.25, 0.3) is 0 Å². The minimum atomic E-state index is 0.308. The summed E-state index contributed by atoms with van der Waals surface area (Å²) < 4.78 is 0. The van der Waals surface area contributed by atoms with Crippen LogP contribution in [0.3, 0.4) is 0 Å². The van der Waals surface area contributed by atoms with Crippen LogP contribution < -0.4 is 0 Å². The van der Waals surface area contributed by atoms with Gasteiger partial charge in [-0.1, -0.05) is 38.7 Å². The summed E-state index contributed by atoms with van der Waals surface area (Å²) in [4.78, 5) is 0. The van der Waals surface area contributed by atoms with Crippen molar-refractivity contribution in [3.8, 4) is 0 Å². The Morgan fingerprint density at radius 2 is 1.80 bits per heavy atom. The molecule has 0 aliphatic heterocycles. The van der Waals surface area contributed by atoms with Gasteiger partial charge in [-0.3, -0.25) is 0 Å². The third-order valence-electron chi connectivity index (χ3n) is 0.585. The highest BCUT2D eigenvalue weighted by Crippen LogP contribution is 1.84. The van der Waals surface area contributed by atoms with Gasteiger partial charge in [-0.05, 0) is 13.0 Å². The van der Waals surface area contributed by atoms with Gasteiger partial charge in [-0.25, -0.2) is 0 Å². The summed E-state index contributed by atoms with van der Waals surface area (Å²) in [5.41, 5.74) is 0. The molecule has 0 atom stereocenters. The normalized spacial score (nSPS) is 10.5. The minimum Gasteiger partial charge on any atom is -0.513 e. The molecule has 0 amide bonds. The van der Waals surface area contributed by atoms with Gasteiger partial charge in [-0.15, -0.1) is 0 Å². The molecule has 1 nitrogen and oxygen atoms in total. The average Bonchev–Trinajstić information content (AvgIpc) is 1.92. The monoisotopic (exact) mass is 140 g/mol. The molecule has 0 aliphatic carbocycles. The number of allylic oxidation sites excluding steroid dienone is 5. The van der Waals surface area contributed by atoms with E-state index in [-0.39, 0.29) is 0 Å². The third-order valence-corrected chi connectivity index (χ3v) is 0.585. The van der Waals surface area contributed by atoms with E-state index >= 15 is 0 Å². The molecule has 0 heterocycles. The van der Waals surface area contributed by atoms with Crippen LogP contribution in [0.15, 0.2) is 36.6 Å². The maximum atomic E-state index is 8.55. The summed E-state index contributed by atoms with van der Waals surface area (Å²) in [5.74, 6) is 0.308. The summed E-state index contributed by atoms with van der Waals surface area (Å²) in [6.45, 7) is 9.08. The van der Waals surface area contributed by atoms with Crippen molar-refractivity contribution in [3.05, 3.63) is 36.6 Å². The van der Waals surface area contributed by atoms with Crippen LogP contribution in [0, 0.1) is 0 Å². The molecule has 0 rings (SSSR count). The topological polar surface area (TPSA) is 20.2 Å². The fourth-order valence-corrected chi connectivity index (χ4v) is 0.273. The molecule has 0 aromatic rings. The zero-order chi connectivity index (χ0) is 8.41. The smallest absolute Gasteiger partial charge is 0.0891 e. The van der Waals surface area contributed by atoms with Gasteiger partial charge in [0.25, 0.3) is 0 Å². The quantitative estimate of drug-likeness (QED) is 0.461.